The second-order valence-corrected chi connectivity index (χ2v) is 6.44. The van der Waals surface area contributed by atoms with E-state index in [0.29, 0.717) is 0 Å². The van der Waals surface area contributed by atoms with Crippen LogP contribution >= 0.6 is 0 Å². The minimum atomic E-state index is 0.815. The molecule has 2 aliphatic rings. The van der Waals surface area contributed by atoms with Crippen molar-refractivity contribution in [2.75, 3.05) is 26.2 Å². The minimum absolute atomic E-state index is 0.815. The molecular weight excluding hydrogens is 208 g/mol. The van der Waals surface area contributed by atoms with Crippen molar-refractivity contribution in [1.29, 1.82) is 0 Å². The highest BCUT2D eigenvalue weighted by molar-refractivity contribution is 4.76. The Balaban J connectivity index is 1.54. The summed E-state index contributed by atoms with van der Waals surface area (Å²) in [6, 6.07) is 0.815. The third-order valence-corrected chi connectivity index (χ3v) is 4.75. The van der Waals surface area contributed by atoms with E-state index in [1.807, 2.05) is 0 Å². The van der Waals surface area contributed by atoms with Crippen molar-refractivity contribution in [3.05, 3.63) is 0 Å². The van der Waals surface area contributed by atoms with Gasteiger partial charge in [0.25, 0.3) is 0 Å². The summed E-state index contributed by atoms with van der Waals surface area (Å²) in [6.07, 6.45) is 8.47. The van der Waals surface area contributed by atoms with Crippen LogP contribution in [0.15, 0.2) is 0 Å². The van der Waals surface area contributed by atoms with Crippen molar-refractivity contribution >= 4 is 0 Å². The molecule has 2 nitrogen and oxygen atoms in total. The fourth-order valence-corrected chi connectivity index (χ4v) is 3.18. The van der Waals surface area contributed by atoms with Gasteiger partial charge < -0.3 is 10.2 Å². The van der Waals surface area contributed by atoms with Crippen LogP contribution < -0.4 is 5.32 Å². The molecule has 0 amide bonds. The van der Waals surface area contributed by atoms with Gasteiger partial charge in [-0.05, 0) is 63.5 Å². The van der Waals surface area contributed by atoms with E-state index in [9.17, 15) is 0 Å². The Morgan fingerprint density at radius 3 is 2.12 bits per heavy atom. The summed E-state index contributed by atoms with van der Waals surface area (Å²) in [5.41, 5.74) is 0. The fourth-order valence-electron chi connectivity index (χ4n) is 3.18. The van der Waals surface area contributed by atoms with Crippen molar-refractivity contribution in [3.63, 3.8) is 0 Å². The normalized spacial score (nSPS) is 32.8. The summed E-state index contributed by atoms with van der Waals surface area (Å²) in [7, 11) is 0. The molecule has 1 saturated carbocycles. The van der Waals surface area contributed by atoms with Crippen LogP contribution in [0.4, 0.5) is 0 Å². The van der Waals surface area contributed by atoms with Gasteiger partial charge in [0.1, 0.15) is 0 Å². The molecule has 100 valence electrons. The molecule has 0 aromatic heterocycles. The molecule has 0 unspecified atom stereocenters. The minimum Gasteiger partial charge on any atom is -0.313 e. The molecule has 0 spiro atoms. The molecule has 2 heteroatoms. The molecule has 1 heterocycles. The van der Waals surface area contributed by atoms with Crippen molar-refractivity contribution < 1.29 is 0 Å². The Bertz CT molecular complexity index is 179. The largest absolute Gasteiger partial charge is 0.313 e. The van der Waals surface area contributed by atoms with E-state index in [1.54, 1.807) is 0 Å². The summed E-state index contributed by atoms with van der Waals surface area (Å²) in [4.78, 5) is 2.64. The lowest BCUT2D eigenvalue weighted by molar-refractivity contribution is 0.188. The van der Waals surface area contributed by atoms with Crippen LogP contribution in [0.2, 0.25) is 0 Å². The van der Waals surface area contributed by atoms with E-state index in [2.05, 4.69) is 24.1 Å². The zero-order valence-electron chi connectivity index (χ0n) is 11.8. The third-order valence-electron chi connectivity index (χ3n) is 4.75. The van der Waals surface area contributed by atoms with Gasteiger partial charge in [-0.3, -0.25) is 0 Å². The number of nitrogens with one attached hydrogen (secondary N) is 1. The lowest BCUT2D eigenvalue weighted by Crippen LogP contribution is -2.41. The number of hydrogen-bond acceptors (Lipinski definition) is 2. The Hall–Kier alpha value is -0.0800. The van der Waals surface area contributed by atoms with Crippen LogP contribution in [-0.4, -0.2) is 37.1 Å². The predicted molar refractivity (Wildman–Crippen MR) is 74.3 cm³/mol. The van der Waals surface area contributed by atoms with Crippen molar-refractivity contribution in [2.24, 2.45) is 11.8 Å². The van der Waals surface area contributed by atoms with Gasteiger partial charge >= 0.3 is 0 Å². The highest BCUT2D eigenvalue weighted by Gasteiger charge is 2.18. The first-order valence-electron chi connectivity index (χ1n) is 7.70. The molecule has 1 aliphatic carbocycles. The Labute approximate surface area is 107 Å². The number of hydrogen-bond donors (Lipinski definition) is 1. The van der Waals surface area contributed by atoms with Crippen LogP contribution in [0.5, 0.6) is 0 Å². The molecule has 0 atom stereocenters. The first-order valence-corrected chi connectivity index (χ1v) is 7.70. The lowest BCUT2D eigenvalue weighted by Gasteiger charge is -2.32. The topological polar surface area (TPSA) is 15.3 Å². The molecule has 2 fully saturated rings. The Kier molecular flexibility index (Phi) is 5.30. The third kappa shape index (κ3) is 4.59. The van der Waals surface area contributed by atoms with E-state index in [1.165, 1.54) is 64.7 Å². The Morgan fingerprint density at radius 2 is 1.47 bits per heavy atom. The number of likely N-dealkylation sites (tertiary alicyclic amines) is 1. The summed E-state index contributed by atoms with van der Waals surface area (Å²) >= 11 is 0. The van der Waals surface area contributed by atoms with Crippen molar-refractivity contribution in [3.8, 4) is 0 Å². The van der Waals surface area contributed by atoms with Gasteiger partial charge in [-0.1, -0.05) is 13.8 Å². The SMILES string of the molecule is CC1CCC(NCCN2CCC(C)CC2)CC1. The van der Waals surface area contributed by atoms with E-state index in [0.717, 1.165) is 17.9 Å². The maximum Gasteiger partial charge on any atom is 0.0107 e. The second-order valence-electron chi connectivity index (χ2n) is 6.44. The molecular formula is C15H30N2. The fraction of sp³-hybridized carbons (Fsp3) is 1.00. The molecule has 17 heavy (non-hydrogen) atoms. The van der Waals surface area contributed by atoms with Gasteiger partial charge in [0, 0.05) is 19.1 Å². The van der Waals surface area contributed by atoms with Gasteiger partial charge in [-0.25, -0.2) is 0 Å². The lowest BCUT2D eigenvalue weighted by atomic mass is 9.87. The highest BCUT2D eigenvalue weighted by Crippen LogP contribution is 2.23. The first-order chi connectivity index (χ1) is 8.24. The first kappa shape index (κ1) is 13.4. The van der Waals surface area contributed by atoms with Crippen molar-refractivity contribution in [1.82, 2.24) is 10.2 Å². The Morgan fingerprint density at radius 1 is 0.882 bits per heavy atom. The zero-order valence-corrected chi connectivity index (χ0v) is 11.8. The average Bonchev–Trinajstić information content (AvgIpc) is 2.34. The standard InChI is InChI=1S/C15H30N2/c1-13-3-5-15(6-4-13)16-9-12-17-10-7-14(2)8-11-17/h13-16H,3-12H2,1-2H3. The molecule has 0 bridgehead atoms. The number of nitrogens with zero attached hydrogens (tertiary/aromatic N) is 1. The summed E-state index contributed by atoms with van der Waals surface area (Å²) < 4.78 is 0. The molecule has 1 aliphatic heterocycles. The smallest absolute Gasteiger partial charge is 0.0107 e. The van der Waals surface area contributed by atoms with Gasteiger partial charge in [-0.15, -0.1) is 0 Å². The monoisotopic (exact) mass is 238 g/mol. The van der Waals surface area contributed by atoms with Gasteiger partial charge in [-0.2, -0.15) is 0 Å². The maximum atomic E-state index is 3.76. The second kappa shape index (κ2) is 6.75. The summed E-state index contributed by atoms with van der Waals surface area (Å²) in [5, 5.41) is 3.76. The summed E-state index contributed by atoms with van der Waals surface area (Å²) in [5.74, 6) is 1.93. The van der Waals surface area contributed by atoms with Gasteiger partial charge in [0.05, 0.1) is 0 Å². The van der Waals surface area contributed by atoms with Crippen LogP contribution in [0.1, 0.15) is 52.4 Å². The van der Waals surface area contributed by atoms with E-state index >= 15 is 0 Å². The highest BCUT2D eigenvalue weighted by atomic mass is 15.1. The maximum absolute atomic E-state index is 3.76. The van der Waals surface area contributed by atoms with Crippen LogP contribution in [0.3, 0.4) is 0 Å². The zero-order chi connectivity index (χ0) is 12.1. The number of rotatable bonds is 4. The van der Waals surface area contributed by atoms with Crippen LogP contribution in [0.25, 0.3) is 0 Å². The van der Waals surface area contributed by atoms with Gasteiger partial charge in [0.2, 0.25) is 0 Å². The summed E-state index contributed by atoms with van der Waals surface area (Å²) in [6.45, 7) is 9.89. The average molecular weight is 238 g/mol. The molecule has 0 aromatic rings. The van der Waals surface area contributed by atoms with E-state index in [4.69, 9.17) is 0 Å². The molecule has 1 N–H and O–H groups in total. The molecule has 2 rings (SSSR count). The van der Waals surface area contributed by atoms with E-state index < -0.39 is 0 Å². The molecule has 1 saturated heterocycles. The molecule has 0 aromatic carbocycles. The van der Waals surface area contributed by atoms with Gasteiger partial charge in [0.15, 0.2) is 0 Å². The van der Waals surface area contributed by atoms with Crippen LogP contribution in [0, 0.1) is 11.8 Å². The quantitative estimate of drug-likeness (QED) is 0.810. The van der Waals surface area contributed by atoms with E-state index in [-0.39, 0.29) is 0 Å². The molecule has 0 radical (unpaired) electrons. The number of piperidine rings is 1. The predicted octanol–water partition coefficient (Wildman–Crippen LogP) is 2.89. The van der Waals surface area contributed by atoms with Crippen LogP contribution in [-0.2, 0) is 0 Å². The van der Waals surface area contributed by atoms with Crippen molar-refractivity contribution in [2.45, 2.75) is 58.4 Å².